The van der Waals surface area contributed by atoms with E-state index in [1.165, 1.54) is 0 Å². The lowest BCUT2D eigenvalue weighted by Gasteiger charge is -2.26. The van der Waals surface area contributed by atoms with Gasteiger partial charge in [0.2, 0.25) is 5.91 Å². The number of hydrogen-bond donors (Lipinski definition) is 1. The summed E-state index contributed by atoms with van der Waals surface area (Å²) in [6, 6.07) is 7.10. The number of aromatic hydroxyl groups is 1. The maximum atomic E-state index is 12.1. The molecule has 0 spiro atoms. The van der Waals surface area contributed by atoms with Crippen LogP contribution in [0.5, 0.6) is 5.75 Å². The molecule has 3 nitrogen and oxygen atoms in total. The quantitative estimate of drug-likeness (QED) is 0.871. The van der Waals surface area contributed by atoms with Crippen molar-refractivity contribution in [3.05, 3.63) is 29.8 Å². The minimum atomic E-state index is -0.0866. The Morgan fingerprint density at radius 3 is 2.59 bits per heavy atom. The third kappa shape index (κ3) is 2.28. The molecule has 1 aromatic carbocycles. The molecule has 0 radical (unpaired) electrons. The first kappa shape index (κ1) is 12.0. The van der Waals surface area contributed by atoms with Crippen LogP contribution in [-0.2, 0) is 4.79 Å². The summed E-state index contributed by atoms with van der Waals surface area (Å²) >= 11 is 0. The third-order valence-electron chi connectivity index (χ3n) is 3.74. The lowest BCUT2D eigenvalue weighted by Crippen LogP contribution is -2.31. The first-order valence-corrected chi connectivity index (χ1v) is 6.07. The maximum Gasteiger partial charge on any atom is 0.226 e. The standard InChI is InChI=1S/C14H19NO2/c1-9-8-12(9)14(17)15(3)10(2)11-6-4-5-7-13(11)16/h4-7,9-10,12,16H,8H2,1-3H3. The second-order valence-corrected chi connectivity index (χ2v) is 5.00. The molecule has 17 heavy (non-hydrogen) atoms. The van der Waals surface area contributed by atoms with Crippen molar-refractivity contribution in [2.24, 2.45) is 11.8 Å². The van der Waals surface area contributed by atoms with Crippen LogP contribution in [0.1, 0.15) is 31.9 Å². The van der Waals surface area contributed by atoms with Crippen LogP contribution < -0.4 is 0 Å². The molecular formula is C14H19NO2. The van der Waals surface area contributed by atoms with Crippen LogP contribution in [0.2, 0.25) is 0 Å². The van der Waals surface area contributed by atoms with Crippen molar-refractivity contribution in [1.82, 2.24) is 4.90 Å². The Morgan fingerprint density at radius 2 is 2.06 bits per heavy atom. The van der Waals surface area contributed by atoms with Crippen LogP contribution in [0.4, 0.5) is 0 Å². The fourth-order valence-electron chi connectivity index (χ4n) is 2.17. The highest BCUT2D eigenvalue weighted by Gasteiger charge is 2.41. The molecule has 3 unspecified atom stereocenters. The van der Waals surface area contributed by atoms with Gasteiger partial charge in [0.25, 0.3) is 0 Å². The lowest BCUT2D eigenvalue weighted by molar-refractivity contribution is -0.133. The zero-order valence-corrected chi connectivity index (χ0v) is 10.6. The van der Waals surface area contributed by atoms with Gasteiger partial charge in [-0.15, -0.1) is 0 Å². The normalized spacial score (nSPS) is 24.2. The van der Waals surface area contributed by atoms with Crippen LogP contribution in [0, 0.1) is 11.8 Å². The fourth-order valence-corrected chi connectivity index (χ4v) is 2.17. The van der Waals surface area contributed by atoms with Crippen LogP contribution in [-0.4, -0.2) is 23.0 Å². The molecule has 2 rings (SSSR count). The summed E-state index contributed by atoms with van der Waals surface area (Å²) in [5, 5.41) is 9.78. The molecule has 3 heteroatoms. The molecule has 0 aromatic heterocycles. The number of carbonyl (C=O) groups is 1. The number of rotatable bonds is 3. The fraction of sp³-hybridized carbons (Fsp3) is 0.500. The SMILES string of the molecule is CC1CC1C(=O)N(C)C(C)c1ccccc1O. The van der Waals surface area contributed by atoms with Gasteiger partial charge in [-0.25, -0.2) is 0 Å². The van der Waals surface area contributed by atoms with Crippen molar-refractivity contribution >= 4 is 5.91 Å². The number of benzene rings is 1. The molecule has 1 aliphatic rings. The van der Waals surface area contributed by atoms with Crippen LogP contribution >= 0.6 is 0 Å². The summed E-state index contributed by atoms with van der Waals surface area (Å²) in [5.74, 6) is 1.14. The number of carbonyl (C=O) groups excluding carboxylic acids is 1. The van der Waals surface area contributed by atoms with Gasteiger partial charge in [0.15, 0.2) is 0 Å². The van der Waals surface area contributed by atoms with Gasteiger partial charge in [0.05, 0.1) is 6.04 Å². The average molecular weight is 233 g/mol. The van der Waals surface area contributed by atoms with Gasteiger partial charge in [-0.2, -0.15) is 0 Å². The Balaban J connectivity index is 2.12. The highest BCUT2D eigenvalue weighted by molar-refractivity contribution is 5.81. The Hall–Kier alpha value is -1.51. The minimum Gasteiger partial charge on any atom is -0.508 e. The first-order valence-electron chi connectivity index (χ1n) is 6.07. The van der Waals surface area contributed by atoms with Gasteiger partial charge >= 0.3 is 0 Å². The van der Waals surface area contributed by atoms with E-state index in [0.717, 1.165) is 12.0 Å². The largest absolute Gasteiger partial charge is 0.508 e. The molecule has 1 N–H and O–H groups in total. The number of phenolic OH excluding ortho intramolecular Hbond substituents is 1. The van der Waals surface area contributed by atoms with Gasteiger partial charge in [0, 0.05) is 18.5 Å². The van der Waals surface area contributed by atoms with Crippen molar-refractivity contribution in [2.45, 2.75) is 26.3 Å². The summed E-state index contributed by atoms with van der Waals surface area (Å²) in [6.07, 6.45) is 0.997. The van der Waals surface area contributed by atoms with E-state index in [1.807, 2.05) is 26.1 Å². The summed E-state index contributed by atoms with van der Waals surface area (Å²) in [5.41, 5.74) is 0.802. The molecule has 3 atom stereocenters. The zero-order chi connectivity index (χ0) is 12.6. The van der Waals surface area contributed by atoms with E-state index in [4.69, 9.17) is 0 Å². The van der Waals surface area contributed by atoms with Crippen molar-refractivity contribution in [2.75, 3.05) is 7.05 Å². The Bertz CT molecular complexity index is 430. The molecule has 0 bridgehead atoms. The summed E-state index contributed by atoms with van der Waals surface area (Å²) < 4.78 is 0. The summed E-state index contributed by atoms with van der Waals surface area (Å²) in [4.78, 5) is 13.8. The van der Waals surface area contributed by atoms with Crippen molar-refractivity contribution in [3.63, 3.8) is 0 Å². The van der Waals surface area contributed by atoms with Crippen molar-refractivity contribution in [1.29, 1.82) is 0 Å². The molecule has 1 saturated carbocycles. The van der Waals surface area contributed by atoms with E-state index in [-0.39, 0.29) is 23.6 Å². The summed E-state index contributed by atoms with van der Waals surface area (Å²) in [7, 11) is 1.81. The van der Waals surface area contributed by atoms with E-state index in [2.05, 4.69) is 6.92 Å². The molecule has 0 heterocycles. The number of nitrogens with zero attached hydrogens (tertiary/aromatic N) is 1. The highest BCUT2D eigenvalue weighted by Crippen LogP contribution is 2.40. The zero-order valence-electron chi connectivity index (χ0n) is 10.6. The Morgan fingerprint density at radius 1 is 1.47 bits per heavy atom. The topological polar surface area (TPSA) is 40.5 Å². The molecule has 92 valence electrons. The predicted octanol–water partition coefficient (Wildman–Crippen LogP) is 2.57. The third-order valence-corrected chi connectivity index (χ3v) is 3.74. The van der Waals surface area contributed by atoms with Gasteiger partial charge < -0.3 is 10.0 Å². The number of hydrogen-bond acceptors (Lipinski definition) is 2. The van der Waals surface area contributed by atoms with Crippen molar-refractivity contribution < 1.29 is 9.90 Å². The Labute approximate surface area is 102 Å². The van der Waals surface area contributed by atoms with Gasteiger partial charge in [0.1, 0.15) is 5.75 Å². The van der Waals surface area contributed by atoms with E-state index >= 15 is 0 Å². The summed E-state index contributed by atoms with van der Waals surface area (Å²) in [6.45, 7) is 4.04. The number of phenols is 1. The number of amides is 1. The van der Waals surface area contributed by atoms with E-state index in [0.29, 0.717) is 5.92 Å². The average Bonchev–Trinajstić information content (AvgIpc) is 3.04. The maximum absolute atomic E-state index is 12.1. The molecule has 0 aliphatic heterocycles. The van der Waals surface area contributed by atoms with Crippen LogP contribution in [0.3, 0.4) is 0 Å². The molecule has 0 saturated heterocycles. The molecule has 1 amide bonds. The monoisotopic (exact) mass is 233 g/mol. The van der Waals surface area contributed by atoms with Gasteiger partial charge in [-0.05, 0) is 25.3 Å². The van der Waals surface area contributed by atoms with Crippen molar-refractivity contribution in [3.8, 4) is 5.75 Å². The van der Waals surface area contributed by atoms with Gasteiger partial charge in [-0.1, -0.05) is 25.1 Å². The molecule has 1 aromatic rings. The Kier molecular flexibility index (Phi) is 3.09. The number of para-hydroxylation sites is 1. The second kappa shape index (κ2) is 4.40. The van der Waals surface area contributed by atoms with E-state index in [9.17, 15) is 9.90 Å². The molecular weight excluding hydrogens is 214 g/mol. The van der Waals surface area contributed by atoms with E-state index < -0.39 is 0 Å². The smallest absolute Gasteiger partial charge is 0.226 e. The minimum absolute atomic E-state index is 0.0866. The van der Waals surface area contributed by atoms with E-state index in [1.54, 1.807) is 17.0 Å². The van der Waals surface area contributed by atoms with Crippen LogP contribution in [0.25, 0.3) is 0 Å². The highest BCUT2D eigenvalue weighted by atomic mass is 16.3. The van der Waals surface area contributed by atoms with Gasteiger partial charge in [-0.3, -0.25) is 4.79 Å². The molecule has 1 fully saturated rings. The van der Waals surface area contributed by atoms with Crippen LogP contribution in [0.15, 0.2) is 24.3 Å². The predicted molar refractivity (Wildman–Crippen MR) is 66.6 cm³/mol. The molecule has 1 aliphatic carbocycles. The first-order chi connectivity index (χ1) is 8.02. The lowest BCUT2D eigenvalue weighted by atomic mass is 10.1. The second-order valence-electron chi connectivity index (χ2n) is 5.00.